The number of hydrogen-bond donors (Lipinski definition) is 6. The van der Waals surface area contributed by atoms with Crippen LogP contribution in [0.15, 0.2) is 60.7 Å². The number of rotatable bonds is 12. The van der Waals surface area contributed by atoms with Crippen LogP contribution in [-0.4, -0.2) is 40.2 Å². The lowest BCUT2D eigenvalue weighted by Crippen LogP contribution is -2.32. The number of anilines is 1. The smallest absolute Gasteiger partial charge is 0.224 e. The summed E-state index contributed by atoms with van der Waals surface area (Å²) in [6.07, 6.45) is 0.530. The Morgan fingerprint density at radius 1 is 1.03 bits per heavy atom. The molecule has 0 spiro atoms. The van der Waals surface area contributed by atoms with Gasteiger partial charge in [-0.1, -0.05) is 41.9 Å². The van der Waals surface area contributed by atoms with Gasteiger partial charge in [-0.2, -0.15) is 0 Å². The summed E-state index contributed by atoms with van der Waals surface area (Å²) in [5.41, 5.74) is 3.27. The van der Waals surface area contributed by atoms with Crippen LogP contribution >= 0.6 is 11.6 Å². The lowest BCUT2D eigenvalue weighted by Gasteiger charge is -2.18. The van der Waals surface area contributed by atoms with E-state index >= 15 is 0 Å². The SMILES string of the molecule is C[C@H](Cc1cccc(CC(=O)NCc2cc(Cl)ccc2O)c1)NC[C@H](O)c1ccc(O)c(NC=O)c1. The van der Waals surface area contributed by atoms with Crippen LogP contribution in [0.1, 0.15) is 35.3 Å². The minimum atomic E-state index is -0.825. The van der Waals surface area contributed by atoms with Gasteiger partial charge in [0.05, 0.1) is 18.2 Å². The fourth-order valence-electron chi connectivity index (χ4n) is 3.80. The molecule has 0 aliphatic carbocycles. The number of aliphatic hydroxyl groups excluding tert-OH is 1. The molecule has 0 fully saturated rings. The molecule has 0 aliphatic heterocycles. The summed E-state index contributed by atoms with van der Waals surface area (Å²) < 4.78 is 0. The minimum absolute atomic E-state index is 0.0409. The van der Waals surface area contributed by atoms with E-state index in [1.54, 1.807) is 18.2 Å². The third-order valence-corrected chi connectivity index (χ3v) is 5.93. The molecule has 0 saturated carbocycles. The van der Waals surface area contributed by atoms with Gasteiger partial charge in [0.2, 0.25) is 12.3 Å². The number of aromatic hydroxyl groups is 2. The van der Waals surface area contributed by atoms with Gasteiger partial charge in [0.15, 0.2) is 0 Å². The number of carbonyl (C=O) groups excluding carboxylic acids is 2. The molecule has 3 rings (SSSR count). The number of nitrogens with one attached hydrogen (secondary N) is 3. The van der Waals surface area contributed by atoms with Gasteiger partial charge in [-0.05, 0) is 60.4 Å². The third-order valence-electron chi connectivity index (χ3n) is 5.69. The maximum absolute atomic E-state index is 12.4. The van der Waals surface area contributed by atoms with Crippen LogP contribution in [0.4, 0.5) is 5.69 Å². The lowest BCUT2D eigenvalue weighted by molar-refractivity contribution is -0.120. The van der Waals surface area contributed by atoms with Crippen LogP contribution in [-0.2, 0) is 29.0 Å². The van der Waals surface area contributed by atoms with Crippen molar-refractivity contribution in [3.63, 3.8) is 0 Å². The van der Waals surface area contributed by atoms with E-state index in [9.17, 15) is 24.9 Å². The Kier molecular flexibility index (Phi) is 9.69. The number of amides is 2. The molecule has 8 nitrogen and oxygen atoms in total. The fraction of sp³-hybridized carbons (Fsp3) is 0.259. The molecule has 3 aromatic carbocycles. The van der Waals surface area contributed by atoms with E-state index in [4.69, 9.17) is 11.6 Å². The standard InChI is InChI=1S/C27H30ClN3O5/c1-17(29-15-26(35)20-5-7-25(34)23(13-20)31-16-32)9-18-3-2-4-19(10-18)11-27(36)30-14-21-12-22(28)6-8-24(21)33/h2-8,10,12-13,16-17,26,29,33-35H,9,11,14-15H2,1H3,(H,30,36)(H,31,32)/t17-,26+/m1/s1. The van der Waals surface area contributed by atoms with Crippen molar-refractivity contribution in [2.45, 2.75) is 38.5 Å². The molecular formula is C27H30ClN3O5. The van der Waals surface area contributed by atoms with E-state index in [1.807, 2.05) is 31.2 Å². The molecule has 2 atom stereocenters. The fourth-order valence-corrected chi connectivity index (χ4v) is 4.00. The predicted molar refractivity (Wildman–Crippen MR) is 139 cm³/mol. The molecule has 190 valence electrons. The number of phenols is 2. The lowest BCUT2D eigenvalue weighted by atomic mass is 10.0. The molecule has 0 heterocycles. The number of aliphatic hydroxyl groups is 1. The van der Waals surface area contributed by atoms with Crippen LogP contribution in [0.25, 0.3) is 0 Å². The Balaban J connectivity index is 1.49. The van der Waals surface area contributed by atoms with Crippen LogP contribution < -0.4 is 16.0 Å². The van der Waals surface area contributed by atoms with Gasteiger partial charge in [-0.25, -0.2) is 0 Å². The Bertz CT molecular complexity index is 1200. The number of halogens is 1. The molecule has 0 radical (unpaired) electrons. The highest BCUT2D eigenvalue weighted by molar-refractivity contribution is 6.30. The molecule has 3 aromatic rings. The molecule has 0 unspecified atom stereocenters. The monoisotopic (exact) mass is 511 g/mol. The molecule has 0 bridgehead atoms. The first-order valence-corrected chi connectivity index (χ1v) is 11.9. The Morgan fingerprint density at radius 2 is 1.78 bits per heavy atom. The second-order valence-corrected chi connectivity index (χ2v) is 9.05. The molecular weight excluding hydrogens is 482 g/mol. The number of phenolic OH excluding ortho intramolecular Hbond substituents is 2. The minimum Gasteiger partial charge on any atom is -0.508 e. The molecule has 2 amide bonds. The predicted octanol–water partition coefficient (Wildman–Crippen LogP) is 3.43. The highest BCUT2D eigenvalue weighted by Crippen LogP contribution is 2.26. The maximum Gasteiger partial charge on any atom is 0.224 e. The van der Waals surface area contributed by atoms with E-state index in [0.717, 1.165) is 11.1 Å². The van der Waals surface area contributed by atoms with Crippen molar-refractivity contribution in [3.8, 4) is 11.5 Å². The summed E-state index contributed by atoms with van der Waals surface area (Å²) in [6, 6.07) is 17.0. The molecule has 36 heavy (non-hydrogen) atoms. The van der Waals surface area contributed by atoms with Crippen molar-refractivity contribution in [2.24, 2.45) is 0 Å². The zero-order valence-electron chi connectivity index (χ0n) is 19.9. The molecule has 9 heteroatoms. The van der Waals surface area contributed by atoms with Crippen molar-refractivity contribution in [1.29, 1.82) is 0 Å². The zero-order chi connectivity index (χ0) is 26.1. The second-order valence-electron chi connectivity index (χ2n) is 8.61. The first kappa shape index (κ1) is 27.0. The van der Waals surface area contributed by atoms with E-state index < -0.39 is 6.10 Å². The number of benzene rings is 3. The van der Waals surface area contributed by atoms with Crippen LogP contribution in [0, 0.1) is 0 Å². The topological polar surface area (TPSA) is 131 Å². The summed E-state index contributed by atoms with van der Waals surface area (Å²) in [6.45, 7) is 2.46. The van der Waals surface area contributed by atoms with Gasteiger partial charge in [0, 0.05) is 29.7 Å². The summed E-state index contributed by atoms with van der Waals surface area (Å²) in [5, 5.41) is 39.1. The van der Waals surface area contributed by atoms with Crippen molar-refractivity contribution in [1.82, 2.24) is 10.6 Å². The number of carbonyl (C=O) groups is 2. The van der Waals surface area contributed by atoms with Crippen LogP contribution in [0.2, 0.25) is 5.02 Å². The van der Waals surface area contributed by atoms with Crippen molar-refractivity contribution in [2.75, 3.05) is 11.9 Å². The molecule has 0 aliphatic rings. The first-order valence-electron chi connectivity index (χ1n) is 11.5. The molecule has 6 N–H and O–H groups in total. The summed E-state index contributed by atoms with van der Waals surface area (Å²) >= 11 is 5.95. The van der Waals surface area contributed by atoms with Crippen LogP contribution in [0.5, 0.6) is 11.5 Å². The Labute approximate surface area is 214 Å². The highest BCUT2D eigenvalue weighted by atomic mass is 35.5. The van der Waals surface area contributed by atoms with Crippen molar-refractivity contribution in [3.05, 3.63) is 87.9 Å². The molecule has 0 saturated heterocycles. The summed E-state index contributed by atoms with van der Waals surface area (Å²) in [4.78, 5) is 23.1. The Hall–Kier alpha value is -3.59. The van der Waals surface area contributed by atoms with Gasteiger partial charge in [-0.3, -0.25) is 9.59 Å². The summed E-state index contributed by atoms with van der Waals surface area (Å²) in [5.74, 6) is -0.162. The van der Waals surface area contributed by atoms with E-state index in [2.05, 4.69) is 16.0 Å². The quantitative estimate of drug-likeness (QED) is 0.163. The van der Waals surface area contributed by atoms with Gasteiger partial charge in [0.25, 0.3) is 0 Å². The third kappa shape index (κ3) is 7.98. The van der Waals surface area contributed by atoms with Crippen molar-refractivity contribution < 1.29 is 24.9 Å². The number of hydrogen-bond acceptors (Lipinski definition) is 6. The average molecular weight is 512 g/mol. The normalized spacial score (nSPS) is 12.5. The molecule has 0 aromatic heterocycles. The van der Waals surface area contributed by atoms with E-state index in [-0.39, 0.29) is 48.6 Å². The van der Waals surface area contributed by atoms with Gasteiger partial charge >= 0.3 is 0 Å². The first-order chi connectivity index (χ1) is 17.2. The summed E-state index contributed by atoms with van der Waals surface area (Å²) in [7, 11) is 0. The van der Waals surface area contributed by atoms with E-state index in [0.29, 0.717) is 29.0 Å². The van der Waals surface area contributed by atoms with Gasteiger partial charge in [0.1, 0.15) is 11.5 Å². The highest BCUT2D eigenvalue weighted by Gasteiger charge is 2.13. The van der Waals surface area contributed by atoms with Gasteiger partial charge in [-0.15, -0.1) is 0 Å². The van der Waals surface area contributed by atoms with Crippen molar-refractivity contribution >= 4 is 29.6 Å². The second kappa shape index (κ2) is 12.9. The van der Waals surface area contributed by atoms with Crippen LogP contribution in [0.3, 0.4) is 0 Å². The zero-order valence-corrected chi connectivity index (χ0v) is 20.6. The largest absolute Gasteiger partial charge is 0.508 e. The average Bonchev–Trinajstić information content (AvgIpc) is 2.85. The maximum atomic E-state index is 12.4. The Morgan fingerprint density at radius 3 is 2.56 bits per heavy atom. The van der Waals surface area contributed by atoms with E-state index in [1.165, 1.54) is 18.2 Å². The van der Waals surface area contributed by atoms with Gasteiger partial charge < -0.3 is 31.3 Å².